The van der Waals surface area contributed by atoms with Gasteiger partial charge in [-0.1, -0.05) is 11.8 Å². The molecule has 1 aliphatic rings. The molecule has 1 saturated heterocycles. The number of hydrogen-bond donors (Lipinski definition) is 0. The van der Waals surface area contributed by atoms with E-state index >= 15 is 0 Å². The highest BCUT2D eigenvalue weighted by Crippen LogP contribution is 2.09. The summed E-state index contributed by atoms with van der Waals surface area (Å²) < 4.78 is 0. The second-order valence-corrected chi connectivity index (χ2v) is 5.17. The van der Waals surface area contributed by atoms with Gasteiger partial charge in [0.15, 0.2) is 0 Å². The number of aromatic nitrogens is 3. The molecular weight excluding hydrogens is 274 g/mol. The summed E-state index contributed by atoms with van der Waals surface area (Å²) in [5.41, 5.74) is 0.980. The fraction of sp³-hybridized carbons (Fsp3) is 0.353. The van der Waals surface area contributed by atoms with Gasteiger partial charge in [0.05, 0.1) is 0 Å². The van der Waals surface area contributed by atoms with Crippen LogP contribution in [0.4, 0.5) is 5.95 Å². The van der Waals surface area contributed by atoms with Crippen molar-refractivity contribution in [1.82, 2.24) is 19.9 Å². The minimum atomic E-state index is 0.832. The highest BCUT2D eigenvalue weighted by Gasteiger charge is 2.17. The number of hydrogen-bond acceptors (Lipinski definition) is 5. The van der Waals surface area contributed by atoms with Crippen molar-refractivity contribution in [2.45, 2.75) is 6.42 Å². The molecule has 0 amide bonds. The largest absolute Gasteiger partial charge is 0.338 e. The first-order valence-corrected chi connectivity index (χ1v) is 7.55. The van der Waals surface area contributed by atoms with E-state index in [0.717, 1.165) is 50.7 Å². The van der Waals surface area contributed by atoms with Crippen molar-refractivity contribution in [3.63, 3.8) is 0 Å². The van der Waals surface area contributed by atoms with Crippen LogP contribution >= 0.6 is 0 Å². The van der Waals surface area contributed by atoms with E-state index in [2.05, 4.69) is 36.6 Å². The second kappa shape index (κ2) is 7.53. The molecule has 0 bridgehead atoms. The van der Waals surface area contributed by atoms with E-state index in [-0.39, 0.29) is 0 Å². The number of piperazine rings is 1. The van der Waals surface area contributed by atoms with Gasteiger partial charge in [-0.2, -0.15) is 0 Å². The van der Waals surface area contributed by atoms with E-state index < -0.39 is 0 Å². The average molecular weight is 293 g/mol. The van der Waals surface area contributed by atoms with Crippen LogP contribution in [0.15, 0.2) is 43.0 Å². The molecule has 5 heteroatoms. The molecule has 1 aliphatic heterocycles. The van der Waals surface area contributed by atoms with E-state index in [4.69, 9.17) is 0 Å². The van der Waals surface area contributed by atoms with E-state index in [1.165, 1.54) is 0 Å². The van der Waals surface area contributed by atoms with E-state index in [0.29, 0.717) is 0 Å². The molecule has 0 radical (unpaired) electrons. The van der Waals surface area contributed by atoms with Gasteiger partial charge in [-0.15, -0.1) is 0 Å². The monoisotopic (exact) mass is 293 g/mol. The van der Waals surface area contributed by atoms with Gasteiger partial charge < -0.3 is 4.90 Å². The van der Waals surface area contributed by atoms with Crippen LogP contribution in [0.5, 0.6) is 0 Å². The summed E-state index contributed by atoms with van der Waals surface area (Å²) in [5.74, 6) is 7.20. The summed E-state index contributed by atoms with van der Waals surface area (Å²) in [4.78, 5) is 17.3. The Labute approximate surface area is 131 Å². The summed E-state index contributed by atoms with van der Waals surface area (Å²) in [6, 6.07) is 5.74. The normalized spacial score (nSPS) is 15.2. The summed E-state index contributed by atoms with van der Waals surface area (Å²) in [6.07, 6.45) is 8.04. The van der Waals surface area contributed by atoms with E-state index in [9.17, 15) is 0 Å². The zero-order valence-corrected chi connectivity index (χ0v) is 12.5. The van der Waals surface area contributed by atoms with Crippen LogP contribution in [-0.2, 0) is 0 Å². The molecule has 112 valence electrons. The first kappa shape index (κ1) is 14.5. The third-order valence-corrected chi connectivity index (χ3v) is 3.65. The summed E-state index contributed by atoms with van der Waals surface area (Å²) in [6.45, 7) is 5.02. The molecule has 0 spiro atoms. The molecule has 0 aliphatic carbocycles. The van der Waals surface area contributed by atoms with E-state index in [1.54, 1.807) is 24.8 Å². The summed E-state index contributed by atoms with van der Waals surface area (Å²) >= 11 is 0. The van der Waals surface area contributed by atoms with Crippen LogP contribution in [0.25, 0.3) is 0 Å². The maximum absolute atomic E-state index is 4.30. The maximum atomic E-state index is 4.30. The summed E-state index contributed by atoms with van der Waals surface area (Å²) in [5, 5.41) is 0. The Morgan fingerprint density at radius 2 is 1.82 bits per heavy atom. The van der Waals surface area contributed by atoms with Crippen LogP contribution in [0.3, 0.4) is 0 Å². The molecule has 3 heterocycles. The van der Waals surface area contributed by atoms with Crippen molar-refractivity contribution < 1.29 is 0 Å². The fourth-order valence-corrected chi connectivity index (χ4v) is 2.44. The lowest BCUT2D eigenvalue weighted by Gasteiger charge is -2.34. The molecule has 0 atom stereocenters. The smallest absolute Gasteiger partial charge is 0.225 e. The molecule has 2 aromatic heterocycles. The van der Waals surface area contributed by atoms with Gasteiger partial charge in [-0.3, -0.25) is 9.88 Å². The zero-order chi connectivity index (χ0) is 15.0. The Morgan fingerprint density at radius 3 is 2.55 bits per heavy atom. The van der Waals surface area contributed by atoms with Crippen molar-refractivity contribution in [3.05, 3.63) is 48.5 Å². The molecule has 0 unspecified atom stereocenters. The van der Waals surface area contributed by atoms with Gasteiger partial charge in [0.2, 0.25) is 5.95 Å². The maximum Gasteiger partial charge on any atom is 0.225 e. The van der Waals surface area contributed by atoms with Gasteiger partial charge in [0, 0.05) is 69.5 Å². The summed E-state index contributed by atoms with van der Waals surface area (Å²) in [7, 11) is 0. The quantitative estimate of drug-likeness (QED) is 0.801. The molecular formula is C17H19N5. The SMILES string of the molecule is C(#Cc1cccnc1)CCN1CCN(c2ncccn2)CC1. The lowest BCUT2D eigenvalue weighted by atomic mass is 10.2. The number of anilines is 1. The molecule has 0 saturated carbocycles. The number of nitrogens with zero attached hydrogens (tertiary/aromatic N) is 5. The van der Waals surface area contributed by atoms with Crippen molar-refractivity contribution in [3.8, 4) is 11.8 Å². The first-order chi connectivity index (χ1) is 10.9. The van der Waals surface area contributed by atoms with Crippen LogP contribution < -0.4 is 4.90 Å². The molecule has 1 fully saturated rings. The standard InChI is InChI=1S/C17H19N5/c1(5-16-6-3-7-18-15-16)2-10-21-11-13-22(14-12-21)17-19-8-4-9-20-17/h3-4,6-9,15H,2,10-14H2. The predicted octanol–water partition coefficient (Wildman–Crippen LogP) is 1.44. The second-order valence-electron chi connectivity index (χ2n) is 5.17. The van der Waals surface area contributed by atoms with Crippen LogP contribution in [0, 0.1) is 11.8 Å². The third kappa shape index (κ3) is 4.03. The fourth-order valence-electron chi connectivity index (χ4n) is 2.44. The van der Waals surface area contributed by atoms with Gasteiger partial charge in [0.25, 0.3) is 0 Å². The molecule has 0 N–H and O–H groups in total. The Hall–Kier alpha value is -2.45. The average Bonchev–Trinajstić information content (AvgIpc) is 2.61. The predicted molar refractivity (Wildman–Crippen MR) is 86.4 cm³/mol. The van der Waals surface area contributed by atoms with Crippen molar-refractivity contribution in [2.24, 2.45) is 0 Å². The van der Waals surface area contributed by atoms with Gasteiger partial charge in [-0.25, -0.2) is 9.97 Å². The van der Waals surface area contributed by atoms with Gasteiger partial charge in [0.1, 0.15) is 0 Å². The van der Waals surface area contributed by atoms with Gasteiger partial charge >= 0.3 is 0 Å². The minimum Gasteiger partial charge on any atom is -0.338 e. The van der Waals surface area contributed by atoms with Crippen molar-refractivity contribution >= 4 is 5.95 Å². The molecule has 2 aromatic rings. The topological polar surface area (TPSA) is 45.2 Å². The lowest BCUT2D eigenvalue weighted by molar-refractivity contribution is 0.262. The zero-order valence-electron chi connectivity index (χ0n) is 12.5. The lowest BCUT2D eigenvalue weighted by Crippen LogP contribution is -2.47. The third-order valence-electron chi connectivity index (χ3n) is 3.65. The molecule has 22 heavy (non-hydrogen) atoms. The number of rotatable bonds is 3. The first-order valence-electron chi connectivity index (χ1n) is 7.55. The Balaban J connectivity index is 1.42. The highest BCUT2D eigenvalue weighted by molar-refractivity contribution is 5.31. The molecule has 0 aromatic carbocycles. The van der Waals surface area contributed by atoms with Crippen LogP contribution in [0.1, 0.15) is 12.0 Å². The van der Waals surface area contributed by atoms with Crippen LogP contribution in [-0.4, -0.2) is 52.6 Å². The number of pyridine rings is 1. The van der Waals surface area contributed by atoms with Crippen LogP contribution in [0.2, 0.25) is 0 Å². The molecule has 5 nitrogen and oxygen atoms in total. The molecule has 3 rings (SSSR count). The van der Waals surface area contributed by atoms with Gasteiger partial charge in [-0.05, 0) is 18.2 Å². The minimum absolute atomic E-state index is 0.832. The highest BCUT2D eigenvalue weighted by atomic mass is 15.3. The Kier molecular flexibility index (Phi) is 4.96. The Morgan fingerprint density at radius 1 is 1.00 bits per heavy atom. The Bertz CT molecular complexity index is 624. The van der Waals surface area contributed by atoms with Crippen molar-refractivity contribution in [1.29, 1.82) is 0 Å². The van der Waals surface area contributed by atoms with Crippen molar-refractivity contribution in [2.75, 3.05) is 37.6 Å². The van der Waals surface area contributed by atoms with E-state index in [1.807, 2.05) is 18.2 Å².